The van der Waals surface area contributed by atoms with Gasteiger partial charge in [-0.3, -0.25) is 4.79 Å². The van der Waals surface area contributed by atoms with Crippen LogP contribution in [0.2, 0.25) is 0 Å². The van der Waals surface area contributed by atoms with Crippen LogP contribution in [0, 0.1) is 0 Å². The SMILES string of the molecule is CC(CN1CCCCC1)Nc1ccc(C(N)=O)cn1. The lowest BCUT2D eigenvalue weighted by atomic mass is 10.1. The van der Waals surface area contributed by atoms with Crippen molar-refractivity contribution in [1.29, 1.82) is 0 Å². The average Bonchev–Trinajstić information content (AvgIpc) is 2.40. The molecule has 1 aromatic heterocycles. The van der Waals surface area contributed by atoms with Crippen LogP contribution in [-0.2, 0) is 0 Å². The molecule has 3 N–H and O–H groups in total. The van der Waals surface area contributed by atoms with E-state index in [0.717, 1.165) is 12.4 Å². The van der Waals surface area contributed by atoms with Crippen LogP contribution in [0.5, 0.6) is 0 Å². The van der Waals surface area contributed by atoms with Crippen molar-refractivity contribution < 1.29 is 4.79 Å². The maximum atomic E-state index is 11.0. The third kappa shape index (κ3) is 4.21. The minimum Gasteiger partial charge on any atom is -0.366 e. The van der Waals surface area contributed by atoms with E-state index in [9.17, 15) is 4.79 Å². The van der Waals surface area contributed by atoms with Crippen LogP contribution >= 0.6 is 0 Å². The Kier molecular flexibility index (Phi) is 4.74. The highest BCUT2D eigenvalue weighted by Gasteiger charge is 2.13. The first-order valence-electron chi connectivity index (χ1n) is 6.90. The number of hydrogen-bond donors (Lipinski definition) is 2. The van der Waals surface area contributed by atoms with Gasteiger partial charge in [-0.1, -0.05) is 6.42 Å². The van der Waals surface area contributed by atoms with Gasteiger partial charge in [-0.2, -0.15) is 0 Å². The van der Waals surface area contributed by atoms with Gasteiger partial charge in [0.1, 0.15) is 5.82 Å². The highest BCUT2D eigenvalue weighted by molar-refractivity contribution is 5.92. The Morgan fingerprint density at radius 3 is 2.74 bits per heavy atom. The molecular formula is C14H22N4O. The smallest absolute Gasteiger partial charge is 0.250 e. The van der Waals surface area contributed by atoms with E-state index in [1.807, 2.05) is 0 Å². The topological polar surface area (TPSA) is 71.2 Å². The average molecular weight is 262 g/mol. The first-order chi connectivity index (χ1) is 9.15. The number of rotatable bonds is 5. The number of nitrogens with zero attached hydrogens (tertiary/aromatic N) is 2. The van der Waals surface area contributed by atoms with E-state index >= 15 is 0 Å². The van der Waals surface area contributed by atoms with Gasteiger partial charge in [-0.05, 0) is 45.0 Å². The molecule has 0 bridgehead atoms. The molecule has 1 fully saturated rings. The summed E-state index contributed by atoms with van der Waals surface area (Å²) in [6, 6.07) is 3.84. The number of anilines is 1. The molecule has 1 aliphatic rings. The lowest BCUT2D eigenvalue weighted by Crippen LogP contribution is -2.38. The fourth-order valence-electron chi connectivity index (χ4n) is 2.45. The molecule has 2 heterocycles. The molecule has 0 radical (unpaired) electrons. The monoisotopic (exact) mass is 262 g/mol. The van der Waals surface area contributed by atoms with Crippen molar-refractivity contribution in [3.63, 3.8) is 0 Å². The highest BCUT2D eigenvalue weighted by atomic mass is 16.1. The number of hydrogen-bond acceptors (Lipinski definition) is 4. The number of nitrogens with one attached hydrogen (secondary N) is 1. The zero-order valence-electron chi connectivity index (χ0n) is 11.4. The number of primary amides is 1. The fraction of sp³-hybridized carbons (Fsp3) is 0.571. The molecule has 104 valence electrons. The summed E-state index contributed by atoms with van der Waals surface area (Å²) in [7, 11) is 0. The van der Waals surface area contributed by atoms with Crippen molar-refractivity contribution in [2.24, 2.45) is 5.73 Å². The standard InChI is InChI=1S/C14H22N4O/c1-11(10-18-7-3-2-4-8-18)17-13-6-5-12(9-16-13)14(15)19/h5-6,9,11H,2-4,7-8,10H2,1H3,(H2,15,19)(H,16,17). The third-order valence-corrected chi connectivity index (χ3v) is 3.42. The predicted molar refractivity (Wildman–Crippen MR) is 76.1 cm³/mol. The minimum atomic E-state index is -0.444. The normalized spacial score (nSPS) is 17.9. The molecule has 5 heteroatoms. The largest absolute Gasteiger partial charge is 0.366 e. The number of nitrogens with two attached hydrogens (primary N) is 1. The van der Waals surface area contributed by atoms with Gasteiger partial charge in [0, 0.05) is 18.8 Å². The molecule has 2 rings (SSSR count). The lowest BCUT2D eigenvalue weighted by molar-refractivity contribution is 0.1000. The van der Waals surface area contributed by atoms with E-state index in [1.165, 1.54) is 38.5 Å². The number of pyridine rings is 1. The van der Waals surface area contributed by atoms with Gasteiger partial charge >= 0.3 is 0 Å². The molecule has 0 aromatic carbocycles. The third-order valence-electron chi connectivity index (χ3n) is 3.42. The van der Waals surface area contributed by atoms with Crippen LogP contribution in [-0.4, -0.2) is 41.5 Å². The quantitative estimate of drug-likeness (QED) is 0.843. The van der Waals surface area contributed by atoms with Crippen molar-refractivity contribution >= 4 is 11.7 Å². The summed E-state index contributed by atoms with van der Waals surface area (Å²) >= 11 is 0. The van der Waals surface area contributed by atoms with E-state index in [-0.39, 0.29) is 0 Å². The maximum absolute atomic E-state index is 11.0. The van der Waals surface area contributed by atoms with Crippen molar-refractivity contribution in [3.8, 4) is 0 Å². The van der Waals surface area contributed by atoms with Crippen molar-refractivity contribution in [3.05, 3.63) is 23.9 Å². The lowest BCUT2D eigenvalue weighted by Gasteiger charge is -2.29. The van der Waals surface area contributed by atoms with Gasteiger partial charge < -0.3 is 16.0 Å². The molecule has 1 saturated heterocycles. The van der Waals surface area contributed by atoms with E-state index in [2.05, 4.69) is 22.1 Å². The van der Waals surface area contributed by atoms with E-state index < -0.39 is 5.91 Å². The Labute approximate surface area is 114 Å². The zero-order chi connectivity index (χ0) is 13.7. The number of carbonyl (C=O) groups is 1. The fourth-order valence-corrected chi connectivity index (χ4v) is 2.45. The second-order valence-corrected chi connectivity index (χ2v) is 5.20. The molecular weight excluding hydrogens is 240 g/mol. The van der Waals surface area contributed by atoms with Crippen LogP contribution in [0.1, 0.15) is 36.5 Å². The Morgan fingerprint density at radius 2 is 2.16 bits per heavy atom. The first-order valence-corrected chi connectivity index (χ1v) is 6.90. The van der Waals surface area contributed by atoms with E-state index in [4.69, 9.17) is 5.73 Å². The number of aromatic nitrogens is 1. The van der Waals surface area contributed by atoms with Crippen LogP contribution < -0.4 is 11.1 Å². The summed E-state index contributed by atoms with van der Waals surface area (Å²) in [5.41, 5.74) is 5.62. The summed E-state index contributed by atoms with van der Waals surface area (Å²) in [4.78, 5) is 17.6. The molecule has 1 amide bonds. The number of piperidine rings is 1. The second-order valence-electron chi connectivity index (χ2n) is 5.20. The number of carbonyl (C=O) groups excluding carboxylic acids is 1. The summed E-state index contributed by atoms with van der Waals surface area (Å²) in [6.45, 7) is 5.57. The maximum Gasteiger partial charge on any atom is 0.250 e. The Balaban J connectivity index is 1.83. The summed E-state index contributed by atoms with van der Waals surface area (Å²) in [5, 5.41) is 3.35. The molecule has 19 heavy (non-hydrogen) atoms. The molecule has 0 aliphatic carbocycles. The van der Waals surface area contributed by atoms with E-state index in [1.54, 1.807) is 12.1 Å². The highest BCUT2D eigenvalue weighted by Crippen LogP contribution is 2.11. The first kappa shape index (κ1) is 13.8. The van der Waals surface area contributed by atoms with Gasteiger partial charge in [-0.25, -0.2) is 4.98 Å². The molecule has 0 saturated carbocycles. The minimum absolute atomic E-state index is 0.338. The van der Waals surface area contributed by atoms with Gasteiger partial charge in [-0.15, -0.1) is 0 Å². The van der Waals surface area contributed by atoms with Crippen molar-refractivity contribution in [2.45, 2.75) is 32.2 Å². The summed E-state index contributed by atoms with van der Waals surface area (Å²) < 4.78 is 0. The second kappa shape index (κ2) is 6.52. The molecule has 0 spiro atoms. The van der Waals surface area contributed by atoms with Crippen LogP contribution in [0.4, 0.5) is 5.82 Å². The predicted octanol–water partition coefficient (Wildman–Crippen LogP) is 1.47. The van der Waals surface area contributed by atoms with Gasteiger partial charge in [0.2, 0.25) is 5.91 Å². The van der Waals surface area contributed by atoms with Gasteiger partial charge in [0.15, 0.2) is 0 Å². The van der Waals surface area contributed by atoms with Crippen molar-refractivity contribution in [1.82, 2.24) is 9.88 Å². The van der Waals surface area contributed by atoms with E-state index in [0.29, 0.717) is 11.6 Å². The molecule has 5 nitrogen and oxygen atoms in total. The van der Waals surface area contributed by atoms with Gasteiger partial charge in [0.05, 0.1) is 5.56 Å². The van der Waals surface area contributed by atoms with Crippen LogP contribution in [0.3, 0.4) is 0 Å². The van der Waals surface area contributed by atoms with Crippen LogP contribution in [0.25, 0.3) is 0 Å². The Bertz CT molecular complexity index is 412. The molecule has 1 unspecified atom stereocenters. The van der Waals surface area contributed by atoms with Crippen molar-refractivity contribution in [2.75, 3.05) is 25.0 Å². The summed E-state index contributed by atoms with van der Waals surface area (Å²) in [6.07, 6.45) is 5.48. The van der Waals surface area contributed by atoms with Crippen LogP contribution in [0.15, 0.2) is 18.3 Å². The summed E-state index contributed by atoms with van der Waals surface area (Å²) in [5.74, 6) is 0.343. The molecule has 1 aromatic rings. The molecule has 1 aliphatic heterocycles. The zero-order valence-corrected chi connectivity index (χ0v) is 11.4. The Morgan fingerprint density at radius 1 is 1.42 bits per heavy atom. The van der Waals surface area contributed by atoms with Gasteiger partial charge in [0.25, 0.3) is 0 Å². The Hall–Kier alpha value is -1.62. The number of likely N-dealkylation sites (tertiary alicyclic amines) is 1. The number of amides is 1. The molecule has 1 atom stereocenters.